The predicted molar refractivity (Wildman–Crippen MR) is 101 cm³/mol. The molecule has 0 saturated heterocycles. The maximum absolute atomic E-state index is 11.0. The van der Waals surface area contributed by atoms with Crippen LogP contribution in [0, 0.1) is 11.3 Å². The van der Waals surface area contributed by atoms with E-state index < -0.39 is 9.84 Å². The second kappa shape index (κ2) is 9.79. The topological polar surface area (TPSA) is 54.5 Å². The zero-order valence-corrected chi connectivity index (χ0v) is 17.0. The molecule has 0 aromatic carbocycles. The number of rotatable bonds is 7. The van der Waals surface area contributed by atoms with Crippen LogP contribution in [-0.4, -0.2) is 44.8 Å². The molecule has 4 nitrogen and oxygen atoms in total. The highest BCUT2D eigenvalue weighted by atomic mass is 32.2. The van der Waals surface area contributed by atoms with E-state index in [4.69, 9.17) is 0 Å². The standard InChI is InChI=1S/C11H21NO.C8H16O2S/c1-10(13)12(3)9-8-11(2)6-4-5-7-11;1-11(9,10)7-3-6-8-4-2-5-8/h4-9H2,1-3H3;8H,2-7H2,1H3. The minimum atomic E-state index is -2.70. The molecule has 0 aliphatic heterocycles. The second-order valence-electron chi connectivity index (χ2n) is 8.28. The van der Waals surface area contributed by atoms with E-state index in [1.165, 1.54) is 57.6 Å². The van der Waals surface area contributed by atoms with Crippen molar-refractivity contribution in [3.8, 4) is 0 Å². The van der Waals surface area contributed by atoms with E-state index in [1.54, 1.807) is 6.92 Å². The summed E-state index contributed by atoms with van der Waals surface area (Å²) in [5, 5.41) is 0. The van der Waals surface area contributed by atoms with Gasteiger partial charge in [-0.3, -0.25) is 4.79 Å². The first-order chi connectivity index (χ1) is 11.1. The van der Waals surface area contributed by atoms with Gasteiger partial charge in [0.1, 0.15) is 9.84 Å². The first-order valence-electron chi connectivity index (χ1n) is 9.51. The van der Waals surface area contributed by atoms with Crippen LogP contribution in [0.25, 0.3) is 0 Å². The summed E-state index contributed by atoms with van der Waals surface area (Å²) < 4.78 is 21.4. The van der Waals surface area contributed by atoms with Crippen molar-refractivity contribution in [2.75, 3.05) is 25.6 Å². The largest absolute Gasteiger partial charge is 0.346 e. The lowest BCUT2D eigenvalue weighted by Crippen LogP contribution is -2.28. The fraction of sp³-hybridized carbons (Fsp3) is 0.947. The summed E-state index contributed by atoms with van der Waals surface area (Å²) in [4.78, 5) is 12.8. The Balaban J connectivity index is 0.000000243. The molecule has 0 N–H and O–H groups in total. The molecule has 0 radical (unpaired) electrons. The predicted octanol–water partition coefficient (Wildman–Crippen LogP) is 4.05. The van der Waals surface area contributed by atoms with Gasteiger partial charge in [-0.25, -0.2) is 8.42 Å². The Labute approximate surface area is 149 Å². The summed E-state index contributed by atoms with van der Waals surface area (Å²) in [5.41, 5.74) is 0.518. The monoisotopic (exact) mass is 359 g/mol. The van der Waals surface area contributed by atoms with Gasteiger partial charge in [0.25, 0.3) is 0 Å². The van der Waals surface area contributed by atoms with Crippen LogP contribution in [0.4, 0.5) is 0 Å². The number of hydrogen-bond donors (Lipinski definition) is 0. The highest BCUT2D eigenvalue weighted by molar-refractivity contribution is 7.90. The number of nitrogens with zero attached hydrogens (tertiary/aromatic N) is 1. The summed E-state index contributed by atoms with van der Waals surface area (Å²) in [6.45, 7) is 4.91. The second-order valence-corrected chi connectivity index (χ2v) is 10.5. The van der Waals surface area contributed by atoms with E-state index in [-0.39, 0.29) is 5.91 Å². The Morgan fingerprint density at radius 3 is 2.17 bits per heavy atom. The Hall–Kier alpha value is -0.580. The molecule has 0 heterocycles. The molecule has 5 heteroatoms. The first-order valence-corrected chi connectivity index (χ1v) is 11.6. The molecule has 24 heavy (non-hydrogen) atoms. The molecule has 0 bridgehead atoms. The van der Waals surface area contributed by atoms with Crippen molar-refractivity contribution in [1.29, 1.82) is 0 Å². The zero-order valence-electron chi connectivity index (χ0n) is 16.1. The van der Waals surface area contributed by atoms with Gasteiger partial charge in [0, 0.05) is 32.5 Å². The van der Waals surface area contributed by atoms with Crippen LogP contribution in [0.5, 0.6) is 0 Å². The number of amides is 1. The zero-order chi connectivity index (χ0) is 18.2. The van der Waals surface area contributed by atoms with Crippen molar-refractivity contribution in [3.05, 3.63) is 0 Å². The Kier molecular flexibility index (Phi) is 8.75. The lowest BCUT2D eigenvalue weighted by molar-refractivity contribution is -0.127. The molecule has 0 atom stereocenters. The van der Waals surface area contributed by atoms with Crippen LogP contribution in [0.1, 0.15) is 78.1 Å². The molecule has 0 unspecified atom stereocenters. The van der Waals surface area contributed by atoms with E-state index in [0.717, 1.165) is 25.3 Å². The van der Waals surface area contributed by atoms with Crippen LogP contribution in [0.2, 0.25) is 0 Å². The van der Waals surface area contributed by atoms with Crippen LogP contribution in [-0.2, 0) is 14.6 Å². The molecule has 2 rings (SSSR count). The molecule has 0 aromatic rings. The summed E-state index contributed by atoms with van der Waals surface area (Å²) in [5.74, 6) is 1.40. The van der Waals surface area contributed by atoms with E-state index in [2.05, 4.69) is 6.92 Å². The maximum Gasteiger partial charge on any atom is 0.219 e. The number of sulfone groups is 1. The first kappa shape index (κ1) is 21.5. The number of hydrogen-bond acceptors (Lipinski definition) is 3. The summed E-state index contributed by atoms with van der Waals surface area (Å²) in [7, 11) is -0.814. The van der Waals surface area contributed by atoms with Gasteiger partial charge in [0.15, 0.2) is 0 Å². The van der Waals surface area contributed by atoms with Gasteiger partial charge in [0.05, 0.1) is 0 Å². The molecule has 2 saturated carbocycles. The third kappa shape index (κ3) is 9.05. The van der Waals surface area contributed by atoms with E-state index >= 15 is 0 Å². The highest BCUT2D eigenvalue weighted by Gasteiger charge is 2.28. The smallest absolute Gasteiger partial charge is 0.219 e. The Morgan fingerprint density at radius 1 is 1.17 bits per heavy atom. The van der Waals surface area contributed by atoms with Crippen LogP contribution >= 0.6 is 0 Å². The fourth-order valence-corrected chi connectivity index (χ4v) is 4.18. The van der Waals surface area contributed by atoms with Crippen LogP contribution in [0.3, 0.4) is 0 Å². The minimum Gasteiger partial charge on any atom is -0.346 e. The normalized spacial score (nSPS) is 20.0. The minimum absolute atomic E-state index is 0.182. The summed E-state index contributed by atoms with van der Waals surface area (Å²) in [6, 6.07) is 0. The SMILES string of the molecule is CC(=O)N(C)CCC1(C)CCCC1.CS(=O)(=O)CCCC1CCC1. The highest BCUT2D eigenvalue weighted by Crippen LogP contribution is 2.40. The van der Waals surface area contributed by atoms with E-state index in [1.807, 2.05) is 11.9 Å². The van der Waals surface area contributed by atoms with Gasteiger partial charge < -0.3 is 4.90 Å². The van der Waals surface area contributed by atoms with Gasteiger partial charge in [-0.1, -0.05) is 39.0 Å². The van der Waals surface area contributed by atoms with Crippen molar-refractivity contribution >= 4 is 15.7 Å². The van der Waals surface area contributed by atoms with Crippen LogP contribution in [0.15, 0.2) is 0 Å². The van der Waals surface area contributed by atoms with Crippen molar-refractivity contribution in [2.24, 2.45) is 11.3 Å². The summed E-state index contributed by atoms with van der Waals surface area (Å²) >= 11 is 0. The van der Waals surface area contributed by atoms with Crippen molar-refractivity contribution in [3.63, 3.8) is 0 Å². The maximum atomic E-state index is 11.0. The molecule has 142 valence electrons. The van der Waals surface area contributed by atoms with Crippen molar-refractivity contribution in [2.45, 2.75) is 78.1 Å². The third-order valence-electron chi connectivity index (χ3n) is 5.75. The fourth-order valence-electron chi connectivity index (χ4n) is 3.49. The number of carbonyl (C=O) groups is 1. The third-order valence-corrected chi connectivity index (χ3v) is 6.78. The van der Waals surface area contributed by atoms with Crippen molar-refractivity contribution < 1.29 is 13.2 Å². The lowest BCUT2D eigenvalue weighted by atomic mass is 9.82. The van der Waals surface area contributed by atoms with E-state index in [0.29, 0.717) is 11.2 Å². The van der Waals surface area contributed by atoms with Gasteiger partial charge in [-0.05, 0) is 43.4 Å². The average molecular weight is 360 g/mol. The summed E-state index contributed by atoms with van der Waals surface area (Å²) in [6.07, 6.45) is 13.9. The Bertz CT molecular complexity index is 477. The van der Waals surface area contributed by atoms with Crippen molar-refractivity contribution in [1.82, 2.24) is 4.90 Å². The molecular formula is C19H37NO3S. The van der Waals surface area contributed by atoms with Gasteiger partial charge >= 0.3 is 0 Å². The van der Waals surface area contributed by atoms with Gasteiger partial charge in [-0.15, -0.1) is 0 Å². The molecule has 0 aromatic heterocycles. The quantitative estimate of drug-likeness (QED) is 0.689. The molecule has 2 aliphatic rings. The molecule has 2 fully saturated rings. The Morgan fingerprint density at radius 2 is 1.75 bits per heavy atom. The van der Waals surface area contributed by atoms with E-state index in [9.17, 15) is 13.2 Å². The average Bonchev–Trinajstić information content (AvgIpc) is 2.86. The molecular weight excluding hydrogens is 322 g/mol. The number of carbonyl (C=O) groups excluding carboxylic acids is 1. The van der Waals surface area contributed by atoms with Gasteiger partial charge in [-0.2, -0.15) is 0 Å². The lowest BCUT2D eigenvalue weighted by Gasteiger charge is -2.26. The van der Waals surface area contributed by atoms with Crippen LogP contribution < -0.4 is 0 Å². The van der Waals surface area contributed by atoms with Gasteiger partial charge in [0.2, 0.25) is 5.91 Å². The molecule has 1 amide bonds. The molecule has 2 aliphatic carbocycles. The molecule has 0 spiro atoms.